The molecule has 114 valence electrons. The summed E-state index contributed by atoms with van der Waals surface area (Å²) in [5, 5.41) is 13.1. The van der Waals surface area contributed by atoms with Crippen molar-refractivity contribution in [2.75, 3.05) is 19.8 Å². The van der Waals surface area contributed by atoms with Gasteiger partial charge in [0.15, 0.2) is 11.5 Å². The Morgan fingerprint density at radius 2 is 1.75 bits per heavy atom. The van der Waals surface area contributed by atoms with Gasteiger partial charge in [-0.2, -0.15) is 0 Å². The molecule has 0 aliphatic heterocycles. The third-order valence-electron chi connectivity index (χ3n) is 3.01. The third-order valence-corrected chi connectivity index (χ3v) is 3.36. The smallest absolute Gasteiger partial charge is 0.162 e. The Morgan fingerprint density at radius 3 is 2.25 bits per heavy atom. The van der Waals surface area contributed by atoms with E-state index in [1.54, 1.807) is 6.07 Å². The van der Waals surface area contributed by atoms with Crippen molar-refractivity contribution in [3.8, 4) is 11.5 Å². The Kier molecular flexibility index (Phi) is 7.73. The summed E-state index contributed by atoms with van der Waals surface area (Å²) in [6.45, 7) is 7.72. The number of aliphatic hydroxyl groups is 1. The molecule has 0 bridgehead atoms. The number of hydrogen-bond acceptors (Lipinski definition) is 4. The molecule has 1 rings (SSSR count). The molecular weight excluding hydrogens is 278 g/mol. The molecule has 0 fully saturated rings. The molecule has 0 heterocycles. The average molecular weight is 302 g/mol. The van der Waals surface area contributed by atoms with Crippen LogP contribution in [-0.2, 0) is 6.54 Å². The zero-order valence-corrected chi connectivity index (χ0v) is 13.2. The minimum absolute atomic E-state index is 0.0770. The lowest BCUT2D eigenvalue weighted by Gasteiger charge is -2.17. The fourth-order valence-electron chi connectivity index (χ4n) is 1.84. The van der Waals surface area contributed by atoms with Gasteiger partial charge in [-0.25, -0.2) is 0 Å². The van der Waals surface area contributed by atoms with Crippen LogP contribution < -0.4 is 14.8 Å². The molecule has 0 aliphatic rings. The molecule has 1 unspecified atom stereocenters. The highest BCUT2D eigenvalue weighted by Crippen LogP contribution is 2.33. The van der Waals surface area contributed by atoms with Crippen molar-refractivity contribution in [1.82, 2.24) is 5.32 Å². The van der Waals surface area contributed by atoms with Gasteiger partial charge in [0, 0.05) is 23.7 Å². The first-order valence-corrected chi connectivity index (χ1v) is 7.46. The second kappa shape index (κ2) is 9.06. The molecule has 0 amide bonds. The summed E-state index contributed by atoms with van der Waals surface area (Å²) in [4.78, 5) is 0. The highest BCUT2D eigenvalue weighted by molar-refractivity contribution is 6.31. The molecule has 0 aromatic heterocycles. The van der Waals surface area contributed by atoms with E-state index < -0.39 is 0 Å². The van der Waals surface area contributed by atoms with Gasteiger partial charge in [-0.05, 0) is 31.9 Å². The van der Waals surface area contributed by atoms with Gasteiger partial charge in [-0.3, -0.25) is 0 Å². The van der Waals surface area contributed by atoms with Crippen molar-refractivity contribution in [1.29, 1.82) is 0 Å². The first-order chi connectivity index (χ1) is 9.65. The van der Waals surface area contributed by atoms with Gasteiger partial charge in [0.1, 0.15) is 0 Å². The number of rotatable bonds is 9. The van der Waals surface area contributed by atoms with E-state index >= 15 is 0 Å². The van der Waals surface area contributed by atoms with Crippen LogP contribution in [0.3, 0.4) is 0 Å². The molecule has 0 saturated heterocycles. The largest absolute Gasteiger partial charge is 0.490 e. The van der Waals surface area contributed by atoms with E-state index in [1.165, 1.54) is 0 Å². The zero-order chi connectivity index (χ0) is 15.0. The highest BCUT2D eigenvalue weighted by Gasteiger charge is 2.12. The van der Waals surface area contributed by atoms with Crippen LogP contribution in [0, 0.1) is 0 Å². The molecule has 1 aromatic rings. The maximum atomic E-state index is 9.19. The summed E-state index contributed by atoms with van der Waals surface area (Å²) in [6, 6.07) is 3.76. The van der Waals surface area contributed by atoms with Gasteiger partial charge in [0.05, 0.1) is 19.8 Å². The van der Waals surface area contributed by atoms with Crippen LogP contribution in [0.25, 0.3) is 0 Å². The van der Waals surface area contributed by atoms with Crippen molar-refractivity contribution in [3.63, 3.8) is 0 Å². The average Bonchev–Trinajstić information content (AvgIpc) is 2.44. The van der Waals surface area contributed by atoms with Gasteiger partial charge in [-0.1, -0.05) is 18.5 Å². The standard InChI is InChI=1S/C15H24ClNO3/c1-4-12(10-18)17-9-11-7-14(19-5-2)15(20-6-3)8-13(11)16/h7-8,12,17-18H,4-6,9-10H2,1-3H3. The van der Waals surface area contributed by atoms with E-state index in [0.29, 0.717) is 36.3 Å². The second-order valence-electron chi connectivity index (χ2n) is 4.43. The van der Waals surface area contributed by atoms with Crippen LogP contribution in [0.2, 0.25) is 5.02 Å². The summed E-state index contributed by atoms with van der Waals surface area (Å²) in [7, 11) is 0. The van der Waals surface area contributed by atoms with Gasteiger partial charge >= 0.3 is 0 Å². The Labute approximate surface area is 126 Å². The van der Waals surface area contributed by atoms with Gasteiger partial charge < -0.3 is 19.9 Å². The first-order valence-electron chi connectivity index (χ1n) is 7.08. The fraction of sp³-hybridized carbons (Fsp3) is 0.600. The molecule has 0 aliphatic carbocycles. The van der Waals surface area contributed by atoms with Crippen molar-refractivity contribution in [3.05, 3.63) is 22.7 Å². The number of ether oxygens (including phenoxy) is 2. The number of halogens is 1. The molecule has 20 heavy (non-hydrogen) atoms. The van der Waals surface area contributed by atoms with Crippen molar-refractivity contribution in [2.45, 2.75) is 39.8 Å². The van der Waals surface area contributed by atoms with Crippen LogP contribution in [0.4, 0.5) is 0 Å². The van der Waals surface area contributed by atoms with Crippen molar-refractivity contribution < 1.29 is 14.6 Å². The van der Waals surface area contributed by atoms with E-state index in [0.717, 1.165) is 12.0 Å². The van der Waals surface area contributed by atoms with Crippen LogP contribution in [0.15, 0.2) is 12.1 Å². The normalized spacial score (nSPS) is 12.2. The Hall–Kier alpha value is -0.970. The van der Waals surface area contributed by atoms with E-state index in [9.17, 15) is 5.11 Å². The van der Waals surface area contributed by atoms with Gasteiger partial charge in [0.2, 0.25) is 0 Å². The molecular formula is C15H24ClNO3. The third kappa shape index (κ3) is 4.85. The Balaban J connectivity index is 2.87. The predicted octanol–water partition coefficient (Wildman–Crippen LogP) is 3.00. The molecule has 4 nitrogen and oxygen atoms in total. The van der Waals surface area contributed by atoms with E-state index in [2.05, 4.69) is 5.32 Å². The molecule has 2 N–H and O–H groups in total. The fourth-order valence-corrected chi connectivity index (χ4v) is 2.06. The number of aliphatic hydroxyl groups excluding tert-OH is 1. The minimum Gasteiger partial charge on any atom is -0.490 e. The molecule has 0 radical (unpaired) electrons. The maximum absolute atomic E-state index is 9.19. The SMILES string of the molecule is CCOc1cc(Cl)c(CNC(CC)CO)cc1OCC. The van der Waals surface area contributed by atoms with Crippen LogP contribution in [-0.4, -0.2) is 31.0 Å². The van der Waals surface area contributed by atoms with Crippen molar-refractivity contribution in [2.24, 2.45) is 0 Å². The summed E-state index contributed by atoms with van der Waals surface area (Å²) in [6.07, 6.45) is 0.865. The zero-order valence-electron chi connectivity index (χ0n) is 12.4. The van der Waals surface area contributed by atoms with Crippen molar-refractivity contribution >= 4 is 11.6 Å². The molecule has 0 saturated carbocycles. The van der Waals surface area contributed by atoms with E-state index in [-0.39, 0.29) is 12.6 Å². The van der Waals surface area contributed by atoms with Crippen LogP contribution in [0.1, 0.15) is 32.8 Å². The first kappa shape index (κ1) is 17.1. The lowest BCUT2D eigenvalue weighted by atomic mass is 10.1. The molecule has 5 heteroatoms. The molecule has 1 aromatic carbocycles. The monoisotopic (exact) mass is 301 g/mol. The molecule has 1 atom stereocenters. The number of benzene rings is 1. The van der Waals surface area contributed by atoms with Gasteiger partial charge in [0.25, 0.3) is 0 Å². The van der Waals surface area contributed by atoms with E-state index in [4.69, 9.17) is 21.1 Å². The minimum atomic E-state index is 0.0770. The van der Waals surface area contributed by atoms with Gasteiger partial charge in [-0.15, -0.1) is 0 Å². The summed E-state index contributed by atoms with van der Waals surface area (Å²) >= 11 is 6.27. The topological polar surface area (TPSA) is 50.7 Å². The quantitative estimate of drug-likeness (QED) is 0.736. The highest BCUT2D eigenvalue weighted by atomic mass is 35.5. The number of nitrogens with one attached hydrogen (secondary N) is 1. The molecule has 0 spiro atoms. The maximum Gasteiger partial charge on any atom is 0.162 e. The lowest BCUT2D eigenvalue weighted by molar-refractivity contribution is 0.238. The van der Waals surface area contributed by atoms with Crippen LogP contribution in [0.5, 0.6) is 11.5 Å². The van der Waals surface area contributed by atoms with E-state index in [1.807, 2.05) is 26.8 Å². The van der Waals surface area contributed by atoms with Crippen LogP contribution >= 0.6 is 11.6 Å². The summed E-state index contributed by atoms with van der Waals surface area (Å²) in [5.41, 5.74) is 0.936. The Bertz CT molecular complexity index is 408. The second-order valence-corrected chi connectivity index (χ2v) is 4.83. The predicted molar refractivity (Wildman–Crippen MR) is 81.8 cm³/mol. The summed E-state index contributed by atoms with van der Waals surface area (Å²) < 4.78 is 11.1. The summed E-state index contributed by atoms with van der Waals surface area (Å²) in [5.74, 6) is 1.37. The number of hydrogen-bond donors (Lipinski definition) is 2. The lowest BCUT2D eigenvalue weighted by Crippen LogP contribution is -2.31. The Morgan fingerprint density at radius 1 is 1.15 bits per heavy atom.